The number of aliphatic hydroxyl groups excluding tert-OH is 1. The van der Waals surface area contributed by atoms with Gasteiger partial charge in [0.1, 0.15) is 0 Å². The van der Waals surface area contributed by atoms with Crippen molar-refractivity contribution >= 4 is 0 Å². The standard InChI is InChI=1S/C8H14O/c1-4-6-8(5-2)7(3)9/h7-9H,5H2,1-3H3. The first-order chi connectivity index (χ1) is 4.22. The summed E-state index contributed by atoms with van der Waals surface area (Å²) in [5.74, 6) is 5.88. The Morgan fingerprint density at radius 2 is 2.11 bits per heavy atom. The second-order valence-electron chi connectivity index (χ2n) is 2.15. The van der Waals surface area contributed by atoms with E-state index in [9.17, 15) is 0 Å². The lowest BCUT2D eigenvalue weighted by Crippen LogP contribution is -2.13. The molecule has 0 radical (unpaired) electrons. The topological polar surface area (TPSA) is 20.2 Å². The minimum Gasteiger partial charge on any atom is -0.392 e. The van der Waals surface area contributed by atoms with Gasteiger partial charge in [0.15, 0.2) is 0 Å². The molecule has 52 valence electrons. The van der Waals surface area contributed by atoms with Crippen molar-refractivity contribution in [3.8, 4) is 11.8 Å². The summed E-state index contributed by atoms with van der Waals surface area (Å²) in [7, 11) is 0. The molecule has 0 aromatic rings. The molecule has 0 aliphatic carbocycles. The molecule has 0 aliphatic rings. The van der Waals surface area contributed by atoms with Crippen molar-refractivity contribution in [1.82, 2.24) is 0 Å². The van der Waals surface area contributed by atoms with E-state index in [0.29, 0.717) is 0 Å². The Morgan fingerprint density at radius 3 is 2.22 bits per heavy atom. The van der Waals surface area contributed by atoms with Gasteiger partial charge in [-0.05, 0) is 20.3 Å². The molecule has 9 heavy (non-hydrogen) atoms. The molecule has 0 aliphatic heterocycles. The maximum atomic E-state index is 9.04. The molecule has 0 bridgehead atoms. The fourth-order valence-electron chi connectivity index (χ4n) is 0.749. The molecule has 1 N–H and O–H groups in total. The van der Waals surface area contributed by atoms with Gasteiger partial charge in [0.25, 0.3) is 0 Å². The van der Waals surface area contributed by atoms with Gasteiger partial charge in [0.05, 0.1) is 6.10 Å². The number of aliphatic hydroxyl groups is 1. The van der Waals surface area contributed by atoms with Gasteiger partial charge >= 0.3 is 0 Å². The van der Waals surface area contributed by atoms with Crippen LogP contribution in [0.5, 0.6) is 0 Å². The fourth-order valence-corrected chi connectivity index (χ4v) is 0.749. The van der Waals surface area contributed by atoms with Crippen LogP contribution in [0.15, 0.2) is 0 Å². The predicted molar refractivity (Wildman–Crippen MR) is 38.9 cm³/mol. The third kappa shape index (κ3) is 3.16. The van der Waals surface area contributed by atoms with Crippen molar-refractivity contribution in [2.45, 2.75) is 33.3 Å². The van der Waals surface area contributed by atoms with E-state index in [4.69, 9.17) is 5.11 Å². The fraction of sp³-hybridized carbons (Fsp3) is 0.750. The first kappa shape index (κ1) is 8.52. The summed E-state index contributed by atoms with van der Waals surface area (Å²) in [4.78, 5) is 0. The third-order valence-corrected chi connectivity index (χ3v) is 1.35. The molecule has 0 rings (SSSR count). The summed E-state index contributed by atoms with van der Waals surface area (Å²) in [6, 6.07) is 0. The van der Waals surface area contributed by atoms with Crippen LogP contribution in [-0.4, -0.2) is 11.2 Å². The number of hydrogen-bond donors (Lipinski definition) is 1. The zero-order valence-electron chi connectivity index (χ0n) is 6.31. The highest BCUT2D eigenvalue weighted by Crippen LogP contribution is 2.05. The van der Waals surface area contributed by atoms with Crippen molar-refractivity contribution < 1.29 is 5.11 Å². The average Bonchev–Trinajstić information content (AvgIpc) is 1.82. The van der Waals surface area contributed by atoms with E-state index < -0.39 is 0 Å². The molecule has 0 saturated carbocycles. The minimum absolute atomic E-state index is 0.162. The average molecular weight is 126 g/mol. The maximum absolute atomic E-state index is 9.04. The number of rotatable bonds is 2. The van der Waals surface area contributed by atoms with E-state index in [2.05, 4.69) is 11.8 Å². The van der Waals surface area contributed by atoms with Crippen molar-refractivity contribution in [2.24, 2.45) is 5.92 Å². The summed E-state index contributed by atoms with van der Waals surface area (Å²) < 4.78 is 0. The molecular formula is C8H14O. The summed E-state index contributed by atoms with van der Waals surface area (Å²) in [5.41, 5.74) is 0. The quantitative estimate of drug-likeness (QED) is 0.555. The lowest BCUT2D eigenvalue weighted by Gasteiger charge is -2.09. The van der Waals surface area contributed by atoms with Gasteiger partial charge in [0, 0.05) is 5.92 Å². The normalized spacial score (nSPS) is 15.6. The van der Waals surface area contributed by atoms with Crippen LogP contribution in [0.25, 0.3) is 0 Å². The van der Waals surface area contributed by atoms with E-state index in [-0.39, 0.29) is 12.0 Å². The first-order valence-electron chi connectivity index (χ1n) is 3.32. The van der Waals surface area contributed by atoms with Crippen LogP contribution in [0.4, 0.5) is 0 Å². The van der Waals surface area contributed by atoms with Gasteiger partial charge in [-0.15, -0.1) is 5.92 Å². The van der Waals surface area contributed by atoms with Gasteiger partial charge < -0.3 is 5.11 Å². The zero-order chi connectivity index (χ0) is 7.28. The highest BCUT2D eigenvalue weighted by molar-refractivity contribution is 5.02. The van der Waals surface area contributed by atoms with Crippen molar-refractivity contribution in [3.63, 3.8) is 0 Å². The lowest BCUT2D eigenvalue weighted by molar-refractivity contribution is 0.151. The Hall–Kier alpha value is -0.480. The molecule has 2 unspecified atom stereocenters. The first-order valence-corrected chi connectivity index (χ1v) is 3.32. The van der Waals surface area contributed by atoms with Crippen molar-refractivity contribution in [2.75, 3.05) is 0 Å². The zero-order valence-corrected chi connectivity index (χ0v) is 6.31. The Labute approximate surface area is 57.1 Å². The molecular weight excluding hydrogens is 112 g/mol. The van der Waals surface area contributed by atoms with E-state index in [0.717, 1.165) is 6.42 Å². The summed E-state index contributed by atoms with van der Waals surface area (Å²) in [6.07, 6.45) is 0.640. The van der Waals surface area contributed by atoms with E-state index in [1.165, 1.54) is 0 Å². The monoisotopic (exact) mass is 126 g/mol. The molecule has 0 fully saturated rings. The largest absolute Gasteiger partial charge is 0.392 e. The molecule has 0 aromatic heterocycles. The van der Waals surface area contributed by atoms with Crippen LogP contribution in [-0.2, 0) is 0 Å². The van der Waals surface area contributed by atoms with Crippen LogP contribution >= 0.6 is 0 Å². The number of hydrogen-bond acceptors (Lipinski definition) is 1. The highest BCUT2D eigenvalue weighted by Gasteiger charge is 2.07. The Balaban J connectivity index is 3.78. The van der Waals surface area contributed by atoms with Gasteiger partial charge in [-0.25, -0.2) is 0 Å². The van der Waals surface area contributed by atoms with E-state index in [1.54, 1.807) is 13.8 Å². The lowest BCUT2D eigenvalue weighted by atomic mass is 10.0. The molecule has 1 heteroatoms. The molecule has 0 heterocycles. The van der Waals surface area contributed by atoms with Crippen LogP contribution in [0.3, 0.4) is 0 Å². The Morgan fingerprint density at radius 1 is 1.56 bits per heavy atom. The van der Waals surface area contributed by atoms with E-state index in [1.807, 2.05) is 6.92 Å². The summed E-state index contributed by atoms with van der Waals surface area (Å²) >= 11 is 0. The highest BCUT2D eigenvalue weighted by atomic mass is 16.3. The van der Waals surface area contributed by atoms with Crippen molar-refractivity contribution in [1.29, 1.82) is 0 Å². The predicted octanol–water partition coefficient (Wildman–Crippen LogP) is 1.42. The SMILES string of the molecule is CC#CC(CC)C(C)O. The summed E-state index contributed by atoms with van der Waals surface area (Å²) in [6.45, 7) is 5.60. The Bertz CT molecular complexity index is 116. The molecule has 0 aromatic carbocycles. The van der Waals surface area contributed by atoms with Gasteiger partial charge in [0.2, 0.25) is 0 Å². The van der Waals surface area contributed by atoms with Crippen LogP contribution in [0.1, 0.15) is 27.2 Å². The second-order valence-corrected chi connectivity index (χ2v) is 2.15. The van der Waals surface area contributed by atoms with Gasteiger partial charge in [-0.3, -0.25) is 0 Å². The van der Waals surface area contributed by atoms with E-state index >= 15 is 0 Å². The Kier molecular flexibility index (Phi) is 4.17. The molecule has 2 atom stereocenters. The second kappa shape index (κ2) is 4.40. The van der Waals surface area contributed by atoms with Crippen molar-refractivity contribution in [3.05, 3.63) is 0 Å². The van der Waals surface area contributed by atoms with Crippen LogP contribution in [0, 0.1) is 17.8 Å². The van der Waals surface area contributed by atoms with Gasteiger partial charge in [-0.2, -0.15) is 0 Å². The summed E-state index contributed by atoms with van der Waals surface area (Å²) in [5, 5.41) is 9.04. The molecule has 0 spiro atoms. The minimum atomic E-state index is -0.289. The smallest absolute Gasteiger partial charge is 0.0649 e. The third-order valence-electron chi connectivity index (χ3n) is 1.35. The van der Waals surface area contributed by atoms with Crippen LogP contribution < -0.4 is 0 Å². The maximum Gasteiger partial charge on any atom is 0.0649 e. The molecule has 1 nitrogen and oxygen atoms in total. The molecule has 0 amide bonds. The van der Waals surface area contributed by atoms with Gasteiger partial charge in [-0.1, -0.05) is 12.8 Å². The molecule has 0 saturated heterocycles. The van der Waals surface area contributed by atoms with Crippen LogP contribution in [0.2, 0.25) is 0 Å².